The summed E-state index contributed by atoms with van der Waals surface area (Å²) in [7, 11) is 0. The molecule has 0 aliphatic carbocycles. The van der Waals surface area contributed by atoms with Crippen molar-refractivity contribution < 1.29 is 9.53 Å². The van der Waals surface area contributed by atoms with Crippen molar-refractivity contribution in [3.63, 3.8) is 0 Å². The molecule has 2 amide bonds. The Kier molecular flexibility index (Phi) is 4.31. The SMILES string of the molecule is CCNC(=O)N1CCC2(CC1)OCCn1nc(-c3cnc4[nH]cc(C)c4c3)cc12. The highest BCUT2D eigenvalue weighted by Crippen LogP contribution is 2.40. The highest BCUT2D eigenvalue weighted by molar-refractivity contribution is 5.83. The number of rotatable bonds is 2. The van der Waals surface area contributed by atoms with Gasteiger partial charge < -0.3 is 19.9 Å². The molecule has 3 aromatic heterocycles. The Hall–Kier alpha value is -2.87. The van der Waals surface area contributed by atoms with Crippen LogP contribution in [0.25, 0.3) is 22.3 Å². The van der Waals surface area contributed by atoms with Crippen LogP contribution in [0, 0.1) is 6.92 Å². The van der Waals surface area contributed by atoms with Gasteiger partial charge in [0.1, 0.15) is 11.2 Å². The summed E-state index contributed by atoms with van der Waals surface area (Å²) in [5, 5.41) is 8.88. The number of carbonyl (C=O) groups excluding carboxylic acids is 1. The number of nitrogens with zero attached hydrogens (tertiary/aromatic N) is 4. The van der Waals surface area contributed by atoms with E-state index in [1.54, 1.807) is 0 Å². The van der Waals surface area contributed by atoms with Gasteiger partial charge >= 0.3 is 6.03 Å². The average Bonchev–Trinajstić information content (AvgIpc) is 3.34. The van der Waals surface area contributed by atoms with E-state index in [0.717, 1.165) is 47.4 Å². The van der Waals surface area contributed by atoms with Gasteiger partial charge in [-0.3, -0.25) is 4.68 Å². The zero-order valence-electron chi connectivity index (χ0n) is 16.9. The van der Waals surface area contributed by atoms with Gasteiger partial charge in [0.2, 0.25) is 0 Å². The van der Waals surface area contributed by atoms with E-state index in [0.29, 0.717) is 26.2 Å². The van der Waals surface area contributed by atoms with Gasteiger partial charge in [0.25, 0.3) is 0 Å². The fourth-order valence-electron chi connectivity index (χ4n) is 4.51. The van der Waals surface area contributed by atoms with Crippen molar-refractivity contribution in [3.8, 4) is 11.3 Å². The van der Waals surface area contributed by atoms with E-state index in [1.807, 2.05) is 24.2 Å². The van der Waals surface area contributed by atoms with Crippen LogP contribution < -0.4 is 5.32 Å². The molecular weight excluding hydrogens is 368 g/mol. The highest BCUT2D eigenvalue weighted by Gasteiger charge is 2.43. The molecule has 5 heterocycles. The maximum atomic E-state index is 12.2. The molecule has 3 aromatic rings. The third-order valence-corrected chi connectivity index (χ3v) is 6.15. The minimum atomic E-state index is -0.367. The van der Waals surface area contributed by atoms with E-state index in [2.05, 4.69) is 39.0 Å². The molecule has 0 atom stereocenters. The van der Waals surface area contributed by atoms with Crippen molar-refractivity contribution in [2.45, 2.75) is 38.8 Å². The first kappa shape index (κ1) is 18.2. The number of piperidine rings is 1. The molecule has 1 saturated heterocycles. The Morgan fingerprint density at radius 3 is 2.93 bits per heavy atom. The highest BCUT2D eigenvalue weighted by atomic mass is 16.5. The van der Waals surface area contributed by atoms with Crippen LogP contribution >= 0.6 is 0 Å². The molecule has 1 fully saturated rings. The van der Waals surface area contributed by atoms with Crippen LogP contribution in [0.1, 0.15) is 31.0 Å². The summed E-state index contributed by atoms with van der Waals surface area (Å²) in [6, 6.07) is 4.30. The van der Waals surface area contributed by atoms with Crippen LogP contribution in [-0.2, 0) is 16.9 Å². The molecule has 2 aliphatic heterocycles. The predicted molar refractivity (Wildman–Crippen MR) is 110 cm³/mol. The van der Waals surface area contributed by atoms with Crippen molar-refractivity contribution in [3.05, 3.63) is 35.8 Å². The van der Waals surface area contributed by atoms with Gasteiger partial charge in [-0.25, -0.2) is 9.78 Å². The van der Waals surface area contributed by atoms with Gasteiger partial charge in [-0.2, -0.15) is 5.10 Å². The van der Waals surface area contributed by atoms with Crippen LogP contribution in [0.4, 0.5) is 4.79 Å². The van der Waals surface area contributed by atoms with Crippen LogP contribution in [0.3, 0.4) is 0 Å². The summed E-state index contributed by atoms with van der Waals surface area (Å²) in [5.74, 6) is 0. The van der Waals surface area contributed by atoms with E-state index in [4.69, 9.17) is 9.84 Å². The van der Waals surface area contributed by atoms with Crippen LogP contribution in [-0.4, -0.2) is 56.9 Å². The number of nitrogens with one attached hydrogen (secondary N) is 2. The van der Waals surface area contributed by atoms with Gasteiger partial charge in [-0.1, -0.05) is 0 Å². The number of carbonyl (C=O) groups is 1. The number of hydrogen-bond donors (Lipinski definition) is 2. The van der Waals surface area contributed by atoms with Gasteiger partial charge in [-0.05, 0) is 44.4 Å². The number of likely N-dealkylation sites (tertiary alicyclic amines) is 1. The average molecular weight is 394 g/mol. The second-order valence-electron chi connectivity index (χ2n) is 7.90. The third kappa shape index (κ3) is 2.98. The van der Waals surface area contributed by atoms with E-state index < -0.39 is 0 Å². The number of aromatic amines is 1. The lowest BCUT2D eigenvalue weighted by molar-refractivity contribution is -0.109. The van der Waals surface area contributed by atoms with Crippen molar-refractivity contribution in [2.24, 2.45) is 0 Å². The summed E-state index contributed by atoms with van der Waals surface area (Å²) < 4.78 is 8.39. The predicted octanol–water partition coefficient (Wildman–Crippen LogP) is 2.79. The molecule has 0 aromatic carbocycles. The number of fused-ring (bicyclic) bond motifs is 3. The number of H-pyrrole nitrogens is 1. The molecule has 0 radical (unpaired) electrons. The second-order valence-corrected chi connectivity index (χ2v) is 7.90. The standard InChI is InChI=1S/C21H26N6O2/c1-3-22-20(28)26-6-4-21(5-7-26)18-11-17(25-27(18)8-9-29-21)15-10-16-14(2)12-23-19(16)24-13-15/h10-13H,3-9H2,1-2H3,(H,22,28)(H,23,24). The Balaban J connectivity index is 1.45. The quantitative estimate of drug-likeness (QED) is 0.700. The van der Waals surface area contributed by atoms with Crippen molar-refractivity contribution in [1.29, 1.82) is 0 Å². The maximum absolute atomic E-state index is 12.2. The first-order valence-corrected chi connectivity index (χ1v) is 10.3. The van der Waals surface area contributed by atoms with Crippen LogP contribution in [0.2, 0.25) is 0 Å². The number of aromatic nitrogens is 4. The number of urea groups is 1. The van der Waals surface area contributed by atoms with E-state index >= 15 is 0 Å². The van der Waals surface area contributed by atoms with Crippen molar-refractivity contribution >= 4 is 17.1 Å². The molecular formula is C21H26N6O2. The Bertz CT molecular complexity index is 1060. The van der Waals surface area contributed by atoms with E-state index in [9.17, 15) is 4.79 Å². The smallest absolute Gasteiger partial charge is 0.317 e. The monoisotopic (exact) mass is 394 g/mol. The molecule has 0 saturated carbocycles. The number of pyridine rings is 1. The summed E-state index contributed by atoms with van der Waals surface area (Å²) in [4.78, 5) is 21.8. The van der Waals surface area contributed by atoms with E-state index in [1.165, 1.54) is 5.56 Å². The fourth-order valence-corrected chi connectivity index (χ4v) is 4.51. The molecule has 0 bridgehead atoms. The first-order chi connectivity index (χ1) is 14.1. The first-order valence-electron chi connectivity index (χ1n) is 10.3. The topological polar surface area (TPSA) is 88.1 Å². The molecule has 152 valence electrons. The second kappa shape index (κ2) is 6.88. The number of amides is 2. The summed E-state index contributed by atoms with van der Waals surface area (Å²) in [5.41, 5.74) is 4.75. The number of aryl methyl sites for hydroxylation is 1. The molecule has 8 heteroatoms. The van der Waals surface area contributed by atoms with Crippen molar-refractivity contribution in [2.75, 3.05) is 26.2 Å². The molecule has 29 heavy (non-hydrogen) atoms. The molecule has 2 aliphatic rings. The Morgan fingerprint density at radius 1 is 1.31 bits per heavy atom. The van der Waals surface area contributed by atoms with Crippen LogP contribution in [0.15, 0.2) is 24.5 Å². The minimum absolute atomic E-state index is 0.00797. The largest absolute Gasteiger partial charge is 0.367 e. The Labute approximate surface area is 169 Å². The lowest BCUT2D eigenvalue weighted by atomic mass is 9.86. The summed E-state index contributed by atoms with van der Waals surface area (Å²) >= 11 is 0. The lowest BCUT2D eigenvalue weighted by Gasteiger charge is -2.43. The summed E-state index contributed by atoms with van der Waals surface area (Å²) in [6.07, 6.45) is 5.41. The molecule has 1 spiro atoms. The van der Waals surface area contributed by atoms with Crippen molar-refractivity contribution in [1.82, 2.24) is 30.0 Å². The van der Waals surface area contributed by atoms with E-state index in [-0.39, 0.29) is 11.6 Å². The third-order valence-electron chi connectivity index (χ3n) is 6.15. The van der Waals surface area contributed by atoms with Gasteiger partial charge in [0.05, 0.1) is 24.5 Å². The maximum Gasteiger partial charge on any atom is 0.317 e. The van der Waals surface area contributed by atoms with Gasteiger partial charge in [-0.15, -0.1) is 0 Å². The Morgan fingerprint density at radius 2 is 2.14 bits per heavy atom. The summed E-state index contributed by atoms with van der Waals surface area (Å²) in [6.45, 7) is 7.42. The lowest BCUT2D eigenvalue weighted by Crippen LogP contribution is -2.51. The van der Waals surface area contributed by atoms with Crippen LogP contribution in [0.5, 0.6) is 0 Å². The normalized spacial score (nSPS) is 18.2. The zero-order valence-corrected chi connectivity index (χ0v) is 16.9. The zero-order chi connectivity index (χ0) is 20.0. The van der Waals surface area contributed by atoms with Gasteiger partial charge in [0, 0.05) is 43.0 Å². The molecule has 8 nitrogen and oxygen atoms in total. The van der Waals surface area contributed by atoms with Gasteiger partial charge in [0.15, 0.2) is 0 Å². The molecule has 2 N–H and O–H groups in total. The molecule has 0 unspecified atom stereocenters. The minimum Gasteiger partial charge on any atom is -0.367 e. The fraction of sp³-hybridized carbons (Fsp3) is 0.476. The number of ether oxygens (including phenoxy) is 1. The number of hydrogen-bond acceptors (Lipinski definition) is 4. The molecule has 5 rings (SSSR count).